The Bertz CT molecular complexity index is 147. The van der Waals surface area contributed by atoms with Gasteiger partial charge in [0.25, 0.3) is 0 Å². The number of amides is 1. The van der Waals surface area contributed by atoms with E-state index in [9.17, 15) is 4.79 Å². The van der Waals surface area contributed by atoms with E-state index in [1.807, 2.05) is 6.92 Å². The van der Waals surface area contributed by atoms with Gasteiger partial charge in [-0.05, 0) is 19.5 Å². The quantitative estimate of drug-likeness (QED) is 0.679. The van der Waals surface area contributed by atoms with E-state index in [2.05, 4.69) is 24.1 Å². The number of nitrogens with zero attached hydrogens (tertiary/aromatic N) is 1. The molecule has 1 amide bonds. The van der Waals surface area contributed by atoms with Gasteiger partial charge < -0.3 is 15.0 Å². The fourth-order valence-corrected chi connectivity index (χ4v) is 1.10. The van der Waals surface area contributed by atoms with Gasteiger partial charge in [-0.25, -0.2) is 4.79 Å². The molecule has 0 aliphatic rings. The molecule has 0 atom stereocenters. The Balaban J connectivity index is 3.38. The molecule has 84 valence electrons. The summed E-state index contributed by atoms with van der Waals surface area (Å²) >= 11 is 0. The predicted molar refractivity (Wildman–Crippen MR) is 57.4 cm³/mol. The zero-order valence-electron chi connectivity index (χ0n) is 9.51. The number of ether oxygens (including phenoxy) is 1. The van der Waals surface area contributed by atoms with Crippen molar-refractivity contribution in [3.8, 4) is 0 Å². The molecule has 0 heterocycles. The number of hydrogen-bond acceptors (Lipinski definition) is 3. The highest BCUT2D eigenvalue weighted by molar-refractivity contribution is 5.66. The van der Waals surface area contributed by atoms with Crippen molar-refractivity contribution in [1.82, 2.24) is 10.2 Å². The summed E-state index contributed by atoms with van der Waals surface area (Å²) in [5.41, 5.74) is 0. The Morgan fingerprint density at radius 3 is 2.43 bits per heavy atom. The minimum Gasteiger partial charge on any atom is -0.450 e. The maximum absolute atomic E-state index is 11.0. The highest BCUT2D eigenvalue weighted by atomic mass is 16.5. The smallest absolute Gasteiger partial charge is 0.407 e. The number of carbonyl (C=O) groups excluding carboxylic acids is 1. The van der Waals surface area contributed by atoms with Crippen molar-refractivity contribution in [2.75, 3.05) is 32.8 Å². The third-order valence-corrected chi connectivity index (χ3v) is 2.03. The van der Waals surface area contributed by atoms with E-state index in [0.717, 1.165) is 26.1 Å². The zero-order valence-corrected chi connectivity index (χ0v) is 9.51. The lowest BCUT2D eigenvalue weighted by molar-refractivity contribution is 0.144. The Kier molecular flexibility index (Phi) is 8.33. The number of carbonyl (C=O) groups is 1. The van der Waals surface area contributed by atoms with E-state index in [1.54, 1.807) is 0 Å². The molecular weight excluding hydrogens is 180 g/mol. The third kappa shape index (κ3) is 6.71. The second-order valence-corrected chi connectivity index (χ2v) is 3.09. The average Bonchev–Trinajstić information content (AvgIpc) is 2.21. The van der Waals surface area contributed by atoms with E-state index in [0.29, 0.717) is 13.2 Å². The molecule has 14 heavy (non-hydrogen) atoms. The average molecular weight is 202 g/mol. The molecule has 0 aromatic carbocycles. The van der Waals surface area contributed by atoms with Crippen LogP contribution in [0.5, 0.6) is 0 Å². The van der Waals surface area contributed by atoms with Crippen LogP contribution in [-0.4, -0.2) is 43.8 Å². The molecule has 4 nitrogen and oxygen atoms in total. The van der Waals surface area contributed by atoms with Crippen LogP contribution in [0.2, 0.25) is 0 Å². The monoisotopic (exact) mass is 202 g/mol. The van der Waals surface area contributed by atoms with Crippen LogP contribution in [-0.2, 0) is 4.74 Å². The first-order chi connectivity index (χ1) is 6.74. The van der Waals surface area contributed by atoms with Crippen molar-refractivity contribution in [1.29, 1.82) is 0 Å². The Morgan fingerprint density at radius 1 is 1.29 bits per heavy atom. The van der Waals surface area contributed by atoms with Crippen LogP contribution < -0.4 is 5.32 Å². The molecule has 0 saturated heterocycles. The third-order valence-electron chi connectivity index (χ3n) is 2.03. The van der Waals surface area contributed by atoms with Crippen molar-refractivity contribution in [2.45, 2.75) is 27.2 Å². The summed E-state index contributed by atoms with van der Waals surface area (Å²) in [7, 11) is 0. The van der Waals surface area contributed by atoms with Crippen LogP contribution in [0.25, 0.3) is 0 Å². The molecular formula is C10H22N2O2. The van der Waals surface area contributed by atoms with Crippen LogP contribution in [0.1, 0.15) is 27.2 Å². The lowest BCUT2D eigenvalue weighted by Crippen LogP contribution is -2.35. The Morgan fingerprint density at radius 2 is 1.93 bits per heavy atom. The van der Waals surface area contributed by atoms with Gasteiger partial charge in [-0.15, -0.1) is 0 Å². The van der Waals surface area contributed by atoms with Gasteiger partial charge in [0.05, 0.1) is 6.61 Å². The van der Waals surface area contributed by atoms with Crippen molar-refractivity contribution >= 4 is 6.09 Å². The van der Waals surface area contributed by atoms with Gasteiger partial charge in [-0.1, -0.05) is 20.8 Å². The largest absolute Gasteiger partial charge is 0.450 e. The molecule has 0 aliphatic carbocycles. The van der Waals surface area contributed by atoms with Crippen LogP contribution in [0.3, 0.4) is 0 Å². The van der Waals surface area contributed by atoms with E-state index in [1.165, 1.54) is 0 Å². The first kappa shape index (κ1) is 13.2. The number of likely N-dealkylation sites (N-methyl/N-ethyl adjacent to an activating group) is 1. The molecule has 0 aromatic rings. The summed E-state index contributed by atoms with van der Waals surface area (Å²) < 4.78 is 4.87. The van der Waals surface area contributed by atoms with Crippen LogP contribution in [0.4, 0.5) is 4.79 Å². The van der Waals surface area contributed by atoms with Gasteiger partial charge in [0.2, 0.25) is 0 Å². The minimum absolute atomic E-state index is 0.306. The van der Waals surface area contributed by atoms with Crippen molar-refractivity contribution in [2.24, 2.45) is 0 Å². The maximum atomic E-state index is 11.0. The van der Waals surface area contributed by atoms with Crippen molar-refractivity contribution in [3.63, 3.8) is 0 Å². The van der Waals surface area contributed by atoms with Gasteiger partial charge in [0.1, 0.15) is 0 Å². The molecule has 0 aliphatic heterocycles. The molecule has 4 heteroatoms. The standard InChI is InChI=1S/C10H22N2O2/c1-4-9-14-10(13)11-7-8-12(5-2)6-3/h4-9H2,1-3H3,(H,11,13). The van der Waals surface area contributed by atoms with Gasteiger partial charge in [-0.3, -0.25) is 0 Å². The van der Waals surface area contributed by atoms with Gasteiger partial charge in [0, 0.05) is 13.1 Å². The lowest BCUT2D eigenvalue weighted by atomic mass is 10.5. The van der Waals surface area contributed by atoms with Gasteiger partial charge >= 0.3 is 6.09 Å². The van der Waals surface area contributed by atoms with Crippen LogP contribution in [0.15, 0.2) is 0 Å². The molecule has 0 saturated carbocycles. The van der Waals surface area contributed by atoms with Crippen molar-refractivity contribution < 1.29 is 9.53 Å². The number of hydrogen-bond donors (Lipinski definition) is 1. The van der Waals surface area contributed by atoms with E-state index >= 15 is 0 Å². The Hall–Kier alpha value is -0.770. The molecule has 0 fully saturated rings. The number of nitrogens with one attached hydrogen (secondary N) is 1. The molecule has 0 rings (SSSR count). The molecule has 0 unspecified atom stereocenters. The van der Waals surface area contributed by atoms with Crippen molar-refractivity contribution in [3.05, 3.63) is 0 Å². The number of alkyl carbamates (subject to hydrolysis) is 1. The molecule has 0 aromatic heterocycles. The van der Waals surface area contributed by atoms with E-state index in [4.69, 9.17) is 4.74 Å². The van der Waals surface area contributed by atoms with Gasteiger partial charge in [0.15, 0.2) is 0 Å². The summed E-state index contributed by atoms with van der Waals surface area (Å²) in [6.07, 6.45) is 0.558. The topological polar surface area (TPSA) is 41.6 Å². The Labute approximate surface area is 86.6 Å². The fourth-order valence-electron chi connectivity index (χ4n) is 1.10. The van der Waals surface area contributed by atoms with Gasteiger partial charge in [-0.2, -0.15) is 0 Å². The van der Waals surface area contributed by atoms with Crippen LogP contribution >= 0.6 is 0 Å². The second-order valence-electron chi connectivity index (χ2n) is 3.09. The van der Waals surface area contributed by atoms with E-state index in [-0.39, 0.29) is 6.09 Å². The summed E-state index contributed by atoms with van der Waals surface area (Å²) in [6.45, 7) is 10.3. The summed E-state index contributed by atoms with van der Waals surface area (Å²) in [5.74, 6) is 0. The lowest BCUT2D eigenvalue weighted by Gasteiger charge is -2.17. The highest BCUT2D eigenvalue weighted by Gasteiger charge is 2.02. The fraction of sp³-hybridized carbons (Fsp3) is 0.900. The predicted octanol–water partition coefficient (Wildman–Crippen LogP) is 1.46. The molecule has 0 radical (unpaired) electrons. The van der Waals surface area contributed by atoms with E-state index < -0.39 is 0 Å². The molecule has 0 spiro atoms. The first-order valence-electron chi connectivity index (χ1n) is 5.37. The first-order valence-corrected chi connectivity index (χ1v) is 5.37. The second kappa shape index (κ2) is 8.81. The minimum atomic E-state index is -0.306. The zero-order chi connectivity index (χ0) is 10.8. The summed E-state index contributed by atoms with van der Waals surface area (Å²) in [6, 6.07) is 0. The maximum Gasteiger partial charge on any atom is 0.407 e. The van der Waals surface area contributed by atoms with Crippen LogP contribution in [0, 0.1) is 0 Å². The molecule has 0 bridgehead atoms. The normalized spacial score (nSPS) is 10.3. The summed E-state index contributed by atoms with van der Waals surface area (Å²) in [5, 5.41) is 2.71. The highest BCUT2D eigenvalue weighted by Crippen LogP contribution is 1.85. The summed E-state index contributed by atoms with van der Waals surface area (Å²) in [4.78, 5) is 13.3. The SMILES string of the molecule is CCCOC(=O)NCCN(CC)CC. The number of rotatable bonds is 7. The molecule has 1 N–H and O–H groups in total.